The zero-order valence-electron chi connectivity index (χ0n) is 12.0. The summed E-state index contributed by atoms with van der Waals surface area (Å²) in [5, 5.41) is 2.39. The van der Waals surface area contributed by atoms with Gasteiger partial charge in [0.25, 0.3) is 0 Å². The molecule has 0 N–H and O–H groups in total. The number of hydrogen-bond donors (Lipinski definition) is 0. The van der Waals surface area contributed by atoms with Crippen molar-refractivity contribution in [2.75, 3.05) is 19.1 Å². The van der Waals surface area contributed by atoms with E-state index in [2.05, 4.69) is 66.5 Å². The third kappa shape index (κ3) is 1.81. The van der Waals surface area contributed by atoms with Gasteiger partial charge in [0.05, 0.1) is 18.5 Å². The average molecular weight is 293 g/mol. The van der Waals surface area contributed by atoms with Gasteiger partial charge >= 0.3 is 0 Å². The average Bonchev–Trinajstić information content (AvgIpc) is 2.54. The van der Waals surface area contributed by atoms with Crippen molar-refractivity contribution in [3.63, 3.8) is 0 Å². The third-order valence-corrected chi connectivity index (χ3v) is 5.04. The maximum absolute atomic E-state index is 5.58. The Balaban J connectivity index is 2.05. The van der Waals surface area contributed by atoms with E-state index in [0.717, 1.165) is 11.1 Å². The smallest absolute Gasteiger partial charge is 0.127 e. The first-order valence-corrected chi connectivity index (χ1v) is 7.71. The highest BCUT2D eigenvalue weighted by atomic mass is 32.2. The Morgan fingerprint density at radius 2 is 1.62 bits per heavy atom. The molecule has 1 aliphatic rings. The molecule has 2 nitrogen and oxygen atoms in total. The van der Waals surface area contributed by atoms with E-state index < -0.39 is 0 Å². The van der Waals surface area contributed by atoms with Gasteiger partial charge in [-0.05, 0) is 18.2 Å². The molecular formula is C18H15NOS. The van der Waals surface area contributed by atoms with Crippen LogP contribution in [0.15, 0.2) is 64.4 Å². The molecule has 0 fully saturated rings. The lowest BCUT2D eigenvalue weighted by Crippen LogP contribution is -2.15. The summed E-state index contributed by atoms with van der Waals surface area (Å²) in [4.78, 5) is 4.81. The van der Waals surface area contributed by atoms with Crippen molar-refractivity contribution in [2.45, 2.75) is 9.79 Å². The van der Waals surface area contributed by atoms with Gasteiger partial charge in [-0.15, -0.1) is 0 Å². The Morgan fingerprint density at radius 1 is 0.905 bits per heavy atom. The van der Waals surface area contributed by atoms with Crippen LogP contribution in [-0.2, 0) is 0 Å². The Labute approximate surface area is 128 Å². The summed E-state index contributed by atoms with van der Waals surface area (Å²) >= 11 is 1.81. The monoisotopic (exact) mass is 293 g/mol. The zero-order valence-corrected chi connectivity index (χ0v) is 12.8. The minimum atomic E-state index is 0.935. The minimum absolute atomic E-state index is 0.935. The van der Waals surface area contributed by atoms with E-state index in [1.54, 1.807) is 7.11 Å². The van der Waals surface area contributed by atoms with Crippen molar-refractivity contribution in [3.8, 4) is 5.75 Å². The topological polar surface area (TPSA) is 12.5 Å². The summed E-state index contributed by atoms with van der Waals surface area (Å²) in [5.74, 6) is 0.935. The minimum Gasteiger partial charge on any atom is -0.496 e. The van der Waals surface area contributed by atoms with Gasteiger partial charge < -0.3 is 9.64 Å². The van der Waals surface area contributed by atoms with Crippen LogP contribution in [-0.4, -0.2) is 14.2 Å². The normalized spacial score (nSPS) is 13.0. The molecule has 21 heavy (non-hydrogen) atoms. The van der Waals surface area contributed by atoms with Crippen LogP contribution in [0.25, 0.3) is 10.8 Å². The highest BCUT2D eigenvalue weighted by Crippen LogP contribution is 2.51. The van der Waals surface area contributed by atoms with Crippen LogP contribution in [0.5, 0.6) is 5.75 Å². The number of methoxy groups -OCH3 is 1. The Bertz CT molecular complexity index is 844. The standard InChI is InChI=1S/C18H15NOS/c1-19-14-9-5-6-10-16(14)21-17-11-15(20-2)12-7-3-4-8-13(12)18(17)19/h3-11H,1-2H3. The van der Waals surface area contributed by atoms with Gasteiger partial charge in [0.2, 0.25) is 0 Å². The number of fused-ring (bicyclic) bond motifs is 4. The van der Waals surface area contributed by atoms with E-state index >= 15 is 0 Å². The molecule has 0 bridgehead atoms. The first kappa shape index (κ1) is 12.6. The predicted molar refractivity (Wildman–Crippen MR) is 89.1 cm³/mol. The first-order chi connectivity index (χ1) is 10.3. The van der Waals surface area contributed by atoms with Gasteiger partial charge in [-0.2, -0.15) is 0 Å². The second-order valence-corrected chi connectivity index (χ2v) is 6.18. The van der Waals surface area contributed by atoms with Crippen molar-refractivity contribution in [1.82, 2.24) is 0 Å². The van der Waals surface area contributed by atoms with Crippen molar-refractivity contribution in [3.05, 3.63) is 54.6 Å². The van der Waals surface area contributed by atoms with Crippen LogP contribution < -0.4 is 9.64 Å². The van der Waals surface area contributed by atoms with Crippen LogP contribution in [0.4, 0.5) is 11.4 Å². The maximum atomic E-state index is 5.58. The lowest BCUT2D eigenvalue weighted by atomic mass is 10.1. The number of nitrogens with zero attached hydrogens (tertiary/aromatic N) is 1. The van der Waals surface area contributed by atoms with Crippen molar-refractivity contribution in [2.24, 2.45) is 0 Å². The van der Waals surface area contributed by atoms with E-state index in [0.29, 0.717) is 0 Å². The van der Waals surface area contributed by atoms with Gasteiger partial charge in [0, 0.05) is 27.6 Å². The van der Waals surface area contributed by atoms with Crippen LogP contribution in [0.2, 0.25) is 0 Å². The molecule has 4 rings (SSSR count). The SMILES string of the molecule is COc1cc2c(c3ccccc13)N(C)c1ccccc1S2. The lowest BCUT2D eigenvalue weighted by Gasteiger charge is -2.31. The van der Waals surface area contributed by atoms with Crippen LogP contribution in [0, 0.1) is 0 Å². The molecule has 3 heteroatoms. The fraction of sp³-hybridized carbons (Fsp3) is 0.111. The number of para-hydroxylation sites is 1. The summed E-state index contributed by atoms with van der Waals surface area (Å²) in [6, 6.07) is 19.1. The molecule has 0 aromatic heterocycles. The van der Waals surface area contributed by atoms with Gasteiger partial charge in [-0.3, -0.25) is 0 Å². The van der Waals surface area contributed by atoms with Crippen LogP contribution >= 0.6 is 11.8 Å². The lowest BCUT2D eigenvalue weighted by molar-refractivity contribution is 0.419. The third-order valence-electron chi connectivity index (χ3n) is 3.95. The molecule has 0 radical (unpaired) electrons. The fourth-order valence-electron chi connectivity index (χ4n) is 2.95. The summed E-state index contributed by atoms with van der Waals surface area (Å²) < 4.78 is 5.58. The molecule has 0 unspecified atom stereocenters. The molecule has 0 aliphatic carbocycles. The quantitative estimate of drug-likeness (QED) is 0.620. The molecule has 1 aliphatic heterocycles. The number of ether oxygens (including phenoxy) is 1. The molecule has 1 heterocycles. The largest absolute Gasteiger partial charge is 0.496 e. The Kier molecular flexibility index (Phi) is 2.82. The van der Waals surface area contributed by atoms with E-state index in [1.165, 1.54) is 26.6 Å². The number of benzene rings is 3. The fourth-order valence-corrected chi connectivity index (χ4v) is 4.16. The predicted octanol–water partition coefficient (Wildman–Crippen LogP) is 5.08. The van der Waals surface area contributed by atoms with Crippen molar-refractivity contribution < 1.29 is 4.74 Å². The second-order valence-electron chi connectivity index (χ2n) is 5.10. The summed E-state index contributed by atoms with van der Waals surface area (Å²) in [7, 11) is 3.87. The zero-order chi connectivity index (χ0) is 14.4. The molecule has 3 aromatic carbocycles. The molecule has 0 amide bonds. The van der Waals surface area contributed by atoms with E-state index in [1.807, 2.05) is 11.8 Å². The van der Waals surface area contributed by atoms with E-state index in [9.17, 15) is 0 Å². The van der Waals surface area contributed by atoms with Crippen LogP contribution in [0.1, 0.15) is 0 Å². The van der Waals surface area contributed by atoms with Gasteiger partial charge in [-0.25, -0.2) is 0 Å². The van der Waals surface area contributed by atoms with E-state index in [4.69, 9.17) is 4.74 Å². The molecule has 0 atom stereocenters. The summed E-state index contributed by atoms with van der Waals surface area (Å²) in [6.45, 7) is 0. The number of anilines is 2. The summed E-state index contributed by atoms with van der Waals surface area (Å²) in [5.41, 5.74) is 2.51. The highest BCUT2D eigenvalue weighted by molar-refractivity contribution is 7.99. The van der Waals surface area contributed by atoms with E-state index in [-0.39, 0.29) is 0 Å². The second kappa shape index (κ2) is 4.71. The van der Waals surface area contributed by atoms with Gasteiger partial charge in [0.15, 0.2) is 0 Å². The van der Waals surface area contributed by atoms with Crippen LogP contribution in [0.3, 0.4) is 0 Å². The highest BCUT2D eigenvalue weighted by Gasteiger charge is 2.24. The van der Waals surface area contributed by atoms with Gasteiger partial charge in [0.1, 0.15) is 5.75 Å². The summed E-state index contributed by atoms with van der Waals surface area (Å²) in [6.07, 6.45) is 0. The van der Waals surface area contributed by atoms with Crippen molar-refractivity contribution >= 4 is 33.9 Å². The van der Waals surface area contributed by atoms with Gasteiger partial charge in [-0.1, -0.05) is 48.2 Å². The molecule has 0 saturated heterocycles. The van der Waals surface area contributed by atoms with Crippen molar-refractivity contribution in [1.29, 1.82) is 0 Å². The number of rotatable bonds is 1. The maximum Gasteiger partial charge on any atom is 0.127 e. The Hall–Kier alpha value is -2.13. The first-order valence-electron chi connectivity index (χ1n) is 6.90. The Morgan fingerprint density at radius 3 is 2.43 bits per heavy atom. The number of hydrogen-bond acceptors (Lipinski definition) is 3. The molecule has 3 aromatic rings. The molecular weight excluding hydrogens is 278 g/mol. The molecule has 0 saturated carbocycles. The molecule has 104 valence electrons. The molecule has 0 spiro atoms.